The van der Waals surface area contributed by atoms with E-state index in [0.717, 1.165) is 6.08 Å². The molecule has 1 amide bonds. The Morgan fingerprint density at radius 1 is 1.41 bits per heavy atom. The van der Waals surface area contributed by atoms with Crippen LogP contribution < -0.4 is 16.8 Å². The Morgan fingerprint density at radius 3 is 2.41 bits per heavy atom. The number of aliphatic hydroxyl groups is 2. The third-order valence-corrected chi connectivity index (χ3v) is 3.57. The number of aliphatic hydroxyl groups excluding tert-OH is 2. The van der Waals surface area contributed by atoms with E-state index in [1.807, 2.05) is 0 Å². The Morgan fingerprint density at radius 2 is 2.00 bits per heavy atom. The zero-order valence-electron chi connectivity index (χ0n) is 15.7. The zero-order chi connectivity index (χ0) is 20.9. The number of nitrogens with two attached hydrogens (primary N) is 2. The van der Waals surface area contributed by atoms with Crippen LogP contribution in [-0.2, 0) is 19.1 Å². The standard InChI is InChI=1S/C16H28N4O7/c1-7(22)19-11-8(20-15(17)18)5-10(14(24)25)26-13(11)12(9(23)6-21)27-16(2,3)4/h5,8-9,11-13,21,23H,6H2,1-4H3,(H,19,22)(H,24,25)(H4,17,18,20). The van der Waals surface area contributed by atoms with Gasteiger partial charge in [0.1, 0.15) is 12.2 Å². The van der Waals surface area contributed by atoms with Crippen molar-refractivity contribution in [1.29, 1.82) is 0 Å². The molecule has 154 valence electrons. The first-order valence-corrected chi connectivity index (χ1v) is 8.30. The average Bonchev–Trinajstić information content (AvgIpc) is 2.51. The number of guanidine groups is 1. The highest BCUT2D eigenvalue weighted by Crippen LogP contribution is 2.28. The molecule has 11 heteroatoms. The minimum absolute atomic E-state index is 0.326. The molecule has 0 aromatic carbocycles. The predicted octanol–water partition coefficient (Wildman–Crippen LogP) is -1.96. The molecule has 0 aromatic heterocycles. The van der Waals surface area contributed by atoms with Gasteiger partial charge in [0.25, 0.3) is 0 Å². The van der Waals surface area contributed by atoms with Crippen molar-refractivity contribution in [3.63, 3.8) is 0 Å². The summed E-state index contributed by atoms with van der Waals surface area (Å²) in [6, 6.07) is -1.94. The molecule has 1 aliphatic rings. The Bertz CT molecular complexity index is 610. The molecule has 5 atom stereocenters. The molecule has 0 aliphatic carbocycles. The maximum absolute atomic E-state index is 11.7. The van der Waals surface area contributed by atoms with Crippen LogP contribution in [0.15, 0.2) is 16.8 Å². The number of ether oxygens (including phenoxy) is 2. The number of amides is 1. The van der Waals surface area contributed by atoms with E-state index in [4.69, 9.17) is 20.9 Å². The van der Waals surface area contributed by atoms with Gasteiger partial charge in [-0.3, -0.25) is 4.79 Å². The number of carboxylic acid groups (broad SMARTS) is 1. The molecule has 1 aliphatic heterocycles. The van der Waals surface area contributed by atoms with Crippen LogP contribution in [0.4, 0.5) is 0 Å². The summed E-state index contributed by atoms with van der Waals surface area (Å²) in [6.45, 7) is 5.71. The molecule has 0 spiro atoms. The molecule has 0 saturated carbocycles. The second kappa shape index (κ2) is 9.02. The number of nitrogens with zero attached hydrogens (tertiary/aromatic N) is 1. The molecular formula is C16H28N4O7. The fourth-order valence-corrected chi connectivity index (χ4v) is 2.67. The van der Waals surface area contributed by atoms with Crippen molar-refractivity contribution in [3.8, 4) is 0 Å². The number of hydrogen-bond donors (Lipinski definition) is 6. The smallest absolute Gasteiger partial charge is 0.370 e. The van der Waals surface area contributed by atoms with Gasteiger partial charge in [-0.15, -0.1) is 0 Å². The van der Waals surface area contributed by atoms with Crippen LogP contribution in [0.1, 0.15) is 27.7 Å². The van der Waals surface area contributed by atoms with Gasteiger partial charge in [0, 0.05) is 6.92 Å². The number of rotatable bonds is 7. The summed E-state index contributed by atoms with van der Waals surface area (Å²) in [5.41, 5.74) is 10.1. The summed E-state index contributed by atoms with van der Waals surface area (Å²) >= 11 is 0. The van der Waals surface area contributed by atoms with E-state index < -0.39 is 60.2 Å². The van der Waals surface area contributed by atoms with Crippen molar-refractivity contribution >= 4 is 17.8 Å². The summed E-state index contributed by atoms with van der Waals surface area (Å²) in [6.07, 6.45) is -2.65. The van der Waals surface area contributed by atoms with E-state index in [1.165, 1.54) is 6.92 Å². The molecule has 1 rings (SSSR count). The molecule has 0 bridgehead atoms. The number of aliphatic carboxylic acids is 1. The van der Waals surface area contributed by atoms with Gasteiger partial charge in [0.2, 0.25) is 11.7 Å². The minimum atomic E-state index is -1.42. The fraction of sp³-hybridized carbons (Fsp3) is 0.688. The summed E-state index contributed by atoms with van der Waals surface area (Å²) in [4.78, 5) is 27.1. The van der Waals surface area contributed by atoms with Gasteiger partial charge in [-0.25, -0.2) is 9.79 Å². The number of carbonyl (C=O) groups excluding carboxylic acids is 1. The minimum Gasteiger partial charge on any atom is -0.478 e. The van der Waals surface area contributed by atoms with Gasteiger partial charge in [-0.1, -0.05) is 0 Å². The Labute approximate surface area is 157 Å². The largest absolute Gasteiger partial charge is 0.478 e. The number of nitrogens with one attached hydrogen (secondary N) is 1. The first-order valence-electron chi connectivity index (χ1n) is 8.30. The first kappa shape index (κ1) is 22.7. The van der Waals surface area contributed by atoms with Gasteiger partial charge in [-0.05, 0) is 26.8 Å². The number of carbonyl (C=O) groups is 2. The molecule has 27 heavy (non-hydrogen) atoms. The molecule has 0 radical (unpaired) electrons. The molecular weight excluding hydrogens is 360 g/mol. The lowest BCUT2D eigenvalue weighted by atomic mass is 9.91. The predicted molar refractivity (Wildman–Crippen MR) is 95.5 cm³/mol. The lowest BCUT2D eigenvalue weighted by Crippen LogP contribution is -2.61. The normalized spacial score (nSPS) is 24.8. The quantitative estimate of drug-likeness (QED) is 0.212. The Kier molecular flexibility index (Phi) is 7.57. The second-order valence-electron chi connectivity index (χ2n) is 7.13. The topological polar surface area (TPSA) is 190 Å². The molecule has 8 N–H and O–H groups in total. The summed E-state index contributed by atoms with van der Waals surface area (Å²) in [7, 11) is 0. The van der Waals surface area contributed by atoms with Gasteiger partial charge in [-0.2, -0.15) is 0 Å². The van der Waals surface area contributed by atoms with Crippen LogP contribution in [0.2, 0.25) is 0 Å². The third kappa shape index (κ3) is 6.70. The maximum Gasteiger partial charge on any atom is 0.370 e. The number of carboxylic acids is 1. The highest BCUT2D eigenvalue weighted by Gasteiger charge is 2.46. The van der Waals surface area contributed by atoms with E-state index in [0.29, 0.717) is 0 Å². The zero-order valence-corrected chi connectivity index (χ0v) is 15.7. The van der Waals surface area contributed by atoms with Crippen LogP contribution in [0.5, 0.6) is 0 Å². The highest BCUT2D eigenvalue weighted by molar-refractivity contribution is 5.85. The second-order valence-corrected chi connectivity index (χ2v) is 7.13. The van der Waals surface area contributed by atoms with Gasteiger partial charge in [0.15, 0.2) is 12.1 Å². The summed E-state index contributed by atoms with van der Waals surface area (Å²) < 4.78 is 11.3. The van der Waals surface area contributed by atoms with Crippen LogP contribution in [-0.4, -0.2) is 75.8 Å². The molecule has 11 nitrogen and oxygen atoms in total. The molecule has 0 saturated heterocycles. The van der Waals surface area contributed by atoms with E-state index in [-0.39, 0.29) is 5.96 Å². The summed E-state index contributed by atoms with van der Waals surface area (Å²) in [5, 5.41) is 31.6. The molecule has 0 fully saturated rings. The van der Waals surface area contributed by atoms with E-state index in [1.54, 1.807) is 20.8 Å². The highest BCUT2D eigenvalue weighted by atomic mass is 16.6. The van der Waals surface area contributed by atoms with Gasteiger partial charge < -0.3 is 41.6 Å². The van der Waals surface area contributed by atoms with Gasteiger partial charge >= 0.3 is 5.97 Å². The van der Waals surface area contributed by atoms with Crippen molar-refractivity contribution < 1.29 is 34.4 Å². The fourth-order valence-electron chi connectivity index (χ4n) is 2.67. The monoisotopic (exact) mass is 388 g/mol. The van der Waals surface area contributed by atoms with E-state index in [2.05, 4.69) is 10.3 Å². The Hall–Kier alpha value is -2.37. The van der Waals surface area contributed by atoms with Crippen molar-refractivity contribution in [2.24, 2.45) is 16.5 Å². The molecule has 0 aromatic rings. The number of aliphatic imine (C=N–C) groups is 1. The lowest BCUT2D eigenvalue weighted by molar-refractivity contribution is -0.180. The lowest BCUT2D eigenvalue weighted by Gasteiger charge is -2.42. The maximum atomic E-state index is 11.7. The van der Waals surface area contributed by atoms with Gasteiger partial charge in [0.05, 0.1) is 24.3 Å². The van der Waals surface area contributed by atoms with E-state index >= 15 is 0 Å². The van der Waals surface area contributed by atoms with Crippen molar-refractivity contribution in [2.45, 2.75) is 63.7 Å². The van der Waals surface area contributed by atoms with E-state index in [9.17, 15) is 24.9 Å². The SMILES string of the molecule is CC(=O)NC1C(N=C(N)N)C=C(C(=O)O)OC1C(OC(C)(C)C)C(O)CO. The van der Waals surface area contributed by atoms with Crippen LogP contribution in [0.3, 0.4) is 0 Å². The summed E-state index contributed by atoms with van der Waals surface area (Å²) in [5.74, 6) is -2.63. The molecule has 1 heterocycles. The third-order valence-electron chi connectivity index (χ3n) is 3.57. The average molecular weight is 388 g/mol. The molecule has 5 unspecified atom stereocenters. The number of hydrogen-bond acceptors (Lipinski definition) is 7. The Balaban J connectivity index is 3.46. The van der Waals surface area contributed by atoms with Crippen LogP contribution in [0, 0.1) is 0 Å². The van der Waals surface area contributed by atoms with Crippen LogP contribution in [0.25, 0.3) is 0 Å². The van der Waals surface area contributed by atoms with Crippen molar-refractivity contribution in [1.82, 2.24) is 5.32 Å². The van der Waals surface area contributed by atoms with Crippen molar-refractivity contribution in [3.05, 3.63) is 11.8 Å². The van der Waals surface area contributed by atoms with Crippen LogP contribution >= 0.6 is 0 Å². The first-order chi connectivity index (χ1) is 12.4. The van der Waals surface area contributed by atoms with Crippen molar-refractivity contribution in [2.75, 3.05) is 6.61 Å².